The molecule has 0 unspecified atom stereocenters. The number of fused-ring (bicyclic) bond motifs is 1. The molecule has 0 saturated carbocycles. The van der Waals surface area contributed by atoms with Crippen LogP contribution in [0.5, 0.6) is 0 Å². The minimum absolute atomic E-state index is 0.00481. The predicted molar refractivity (Wildman–Crippen MR) is 64.1 cm³/mol. The fourth-order valence-corrected chi connectivity index (χ4v) is 2.31. The first-order valence-electron chi connectivity index (χ1n) is 5.74. The highest BCUT2D eigenvalue weighted by atomic mass is 16.6. The number of aryl methyl sites for hydroxylation is 1. The van der Waals surface area contributed by atoms with Crippen molar-refractivity contribution >= 4 is 11.5 Å². The summed E-state index contributed by atoms with van der Waals surface area (Å²) in [4.78, 5) is 22.6. The van der Waals surface area contributed by atoms with Crippen LogP contribution in [0.25, 0.3) is 0 Å². The summed E-state index contributed by atoms with van der Waals surface area (Å²) in [5.41, 5.74) is 1.04. The Hall–Kier alpha value is -1.71. The molecule has 0 radical (unpaired) electrons. The van der Waals surface area contributed by atoms with E-state index >= 15 is 0 Å². The van der Waals surface area contributed by atoms with Crippen molar-refractivity contribution in [2.45, 2.75) is 33.1 Å². The summed E-state index contributed by atoms with van der Waals surface area (Å²) in [6, 6.07) is 4.61. The fraction of sp³-hybridized carbons (Fsp3) is 0.462. The van der Waals surface area contributed by atoms with E-state index in [0.717, 1.165) is 24.8 Å². The van der Waals surface area contributed by atoms with Gasteiger partial charge in [0.15, 0.2) is 5.78 Å². The number of carbonyl (C=O) groups is 1. The van der Waals surface area contributed by atoms with Crippen molar-refractivity contribution < 1.29 is 9.72 Å². The van der Waals surface area contributed by atoms with Crippen LogP contribution in [0.2, 0.25) is 0 Å². The molecule has 2 rings (SSSR count). The molecule has 1 aromatic carbocycles. The van der Waals surface area contributed by atoms with Crippen molar-refractivity contribution in [3.05, 3.63) is 39.4 Å². The van der Waals surface area contributed by atoms with Gasteiger partial charge in [-0.1, -0.05) is 19.9 Å². The number of nitro groups is 1. The highest BCUT2D eigenvalue weighted by Gasteiger charge is 2.33. The van der Waals surface area contributed by atoms with Gasteiger partial charge in [-0.3, -0.25) is 14.9 Å². The summed E-state index contributed by atoms with van der Waals surface area (Å²) in [6.45, 7) is 3.81. The van der Waals surface area contributed by atoms with Crippen molar-refractivity contribution in [1.29, 1.82) is 0 Å². The highest BCUT2D eigenvalue weighted by Crippen LogP contribution is 2.34. The number of ketones is 1. The summed E-state index contributed by atoms with van der Waals surface area (Å²) < 4.78 is 0. The Morgan fingerprint density at radius 1 is 1.35 bits per heavy atom. The summed E-state index contributed by atoms with van der Waals surface area (Å²) >= 11 is 0. The highest BCUT2D eigenvalue weighted by molar-refractivity contribution is 6.02. The van der Waals surface area contributed by atoms with Crippen molar-refractivity contribution in [1.82, 2.24) is 0 Å². The maximum atomic E-state index is 12.3. The van der Waals surface area contributed by atoms with E-state index in [4.69, 9.17) is 0 Å². The van der Waals surface area contributed by atoms with E-state index in [0.29, 0.717) is 5.56 Å². The van der Waals surface area contributed by atoms with Gasteiger partial charge in [0, 0.05) is 23.1 Å². The molecule has 0 aromatic heterocycles. The number of hydrogen-bond donors (Lipinski definition) is 0. The molecule has 1 aliphatic rings. The third-order valence-electron chi connectivity index (χ3n) is 3.41. The van der Waals surface area contributed by atoms with Gasteiger partial charge in [0.1, 0.15) is 0 Å². The zero-order chi connectivity index (χ0) is 12.6. The lowest BCUT2D eigenvalue weighted by Crippen LogP contribution is -2.23. The third-order valence-corrected chi connectivity index (χ3v) is 3.41. The van der Waals surface area contributed by atoms with E-state index in [2.05, 4.69) is 0 Å². The van der Waals surface area contributed by atoms with E-state index in [1.807, 2.05) is 13.8 Å². The summed E-state index contributed by atoms with van der Waals surface area (Å²) in [7, 11) is 0. The number of benzene rings is 1. The average molecular weight is 233 g/mol. The normalized spacial score (nSPS) is 18.4. The van der Waals surface area contributed by atoms with E-state index in [1.54, 1.807) is 6.07 Å². The lowest BCUT2D eigenvalue weighted by Gasteiger charge is -2.20. The third kappa shape index (κ3) is 2.07. The predicted octanol–water partition coefficient (Wildman–Crippen LogP) is 3.14. The SMILES string of the molecule is CC1(C)CCCc2ccc([N+](=O)[O-])cc2C1=O. The second kappa shape index (κ2) is 3.95. The second-order valence-corrected chi connectivity index (χ2v) is 5.17. The van der Waals surface area contributed by atoms with Crippen LogP contribution in [0.15, 0.2) is 18.2 Å². The number of nitrogens with zero attached hydrogens (tertiary/aromatic N) is 1. The van der Waals surface area contributed by atoms with E-state index in [-0.39, 0.29) is 11.5 Å². The van der Waals surface area contributed by atoms with Crippen molar-refractivity contribution in [2.24, 2.45) is 5.41 Å². The molecule has 0 atom stereocenters. The van der Waals surface area contributed by atoms with Gasteiger partial charge in [-0.15, -0.1) is 0 Å². The number of non-ortho nitro benzene ring substituents is 1. The standard InChI is InChI=1S/C13H15NO3/c1-13(2)7-3-4-9-5-6-10(14(16)17)8-11(9)12(13)15/h5-6,8H,3-4,7H2,1-2H3. The molecule has 17 heavy (non-hydrogen) atoms. The molecule has 0 N–H and O–H groups in total. The van der Waals surface area contributed by atoms with Crippen molar-refractivity contribution in [3.63, 3.8) is 0 Å². The number of rotatable bonds is 1. The summed E-state index contributed by atoms with van der Waals surface area (Å²) in [5, 5.41) is 10.7. The van der Waals surface area contributed by atoms with E-state index in [9.17, 15) is 14.9 Å². The molecule has 0 saturated heterocycles. The first-order chi connectivity index (χ1) is 7.92. The van der Waals surface area contributed by atoms with Gasteiger partial charge in [-0.2, -0.15) is 0 Å². The van der Waals surface area contributed by atoms with Crippen LogP contribution in [0, 0.1) is 15.5 Å². The van der Waals surface area contributed by atoms with Gasteiger partial charge in [-0.25, -0.2) is 0 Å². The van der Waals surface area contributed by atoms with Crippen molar-refractivity contribution in [3.8, 4) is 0 Å². The lowest BCUT2D eigenvalue weighted by atomic mass is 9.82. The minimum Gasteiger partial charge on any atom is -0.294 e. The Kier molecular flexibility index (Phi) is 2.73. The molecular weight excluding hydrogens is 218 g/mol. The molecule has 1 aromatic rings. The zero-order valence-corrected chi connectivity index (χ0v) is 10.0. The topological polar surface area (TPSA) is 60.2 Å². The molecule has 4 heteroatoms. The number of hydrogen-bond acceptors (Lipinski definition) is 3. The van der Waals surface area contributed by atoms with Crippen LogP contribution < -0.4 is 0 Å². The van der Waals surface area contributed by atoms with Gasteiger partial charge < -0.3 is 0 Å². The fourth-order valence-electron chi connectivity index (χ4n) is 2.31. The van der Waals surface area contributed by atoms with Gasteiger partial charge in [0.25, 0.3) is 5.69 Å². The maximum absolute atomic E-state index is 12.3. The Bertz CT molecular complexity index is 491. The van der Waals surface area contributed by atoms with Crippen LogP contribution in [0.3, 0.4) is 0 Å². The molecule has 4 nitrogen and oxygen atoms in total. The maximum Gasteiger partial charge on any atom is 0.270 e. The largest absolute Gasteiger partial charge is 0.294 e. The first-order valence-corrected chi connectivity index (χ1v) is 5.74. The molecule has 0 bridgehead atoms. The smallest absolute Gasteiger partial charge is 0.270 e. The van der Waals surface area contributed by atoms with Crippen LogP contribution in [-0.4, -0.2) is 10.7 Å². The second-order valence-electron chi connectivity index (χ2n) is 5.17. The molecule has 0 spiro atoms. The van der Waals surface area contributed by atoms with Crippen LogP contribution >= 0.6 is 0 Å². The number of nitro benzene ring substituents is 1. The Morgan fingerprint density at radius 2 is 2.06 bits per heavy atom. The van der Waals surface area contributed by atoms with Gasteiger partial charge >= 0.3 is 0 Å². The van der Waals surface area contributed by atoms with Gasteiger partial charge in [0.2, 0.25) is 0 Å². The number of carbonyl (C=O) groups excluding carboxylic acids is 1. The van der Waals surface area contributed by atoms with Gasteiger partial charge in [-0.05, 0) is 24.8 Å². The summed E-state index contributed by atoms with van der Waals surface area (Å²) in [6.07, 6.45) is 2.60. The number of Topliss-reactive ketones (excluding diaryl/α,β-unsaturated/α-hetero) is 1. The molecule has 90 valence electrons. The Labute approximate surface area is 99.8 Å². The lowest BCUT2D eigenvalue weighted by molar-refractivity contribution is -0.384. The molecule has 1 aliphatic carbocycles. The Morgan fingerprint density at radius 3 is 2.71 bits per heavy atom. The molecule has 0 heterocycles. The average Bonchev–Trinajstić information content (AvgIpc) is 2.37. The molecule has 0 amide bonds. The minimum atomic E-state index is -0.453. The quantitative estimate of drug-likeness (QED) is 0.425. The van der Waals surface area contributed by atoms with Crippen LogP contribution in [0.4, 0.5) is 5.69 Å². The molecular formula is C13H15NO3. The van der Waals surface area contributed by atoms with E-state index in [1.165, 1.54) is 12.1 Å². The zero-order valence-electron chi connectivity index (χ0n) is 10.0. The monoisotopic (exact) mass is 233 g/mol. The first kappa shape index (κ1) is 11.8. The van der Waals surface area contributed by atoms with E-state index < -0.39 is 10.3 Å². The Balaban J connectivity index is 2.55. The molecule has 0 fully saturated rings. The molecule has 0 aliphatic heterocycles. The van der Waals surface area contributed by atoms with Gasteiger partial charge in [0.05, 0.1) is 4.92 Å². The summed E-state index contributed by atoms with van der Waals surface area (Å²) in [5.74, 6) is 0.0219. The van der Waals surface area contributed by atoms with Crippen LogP contribution in [0.1, 0.15) is 42.6 Å². The van der Waals surface area contributed by atoms with Crippen molar-refractivity contribution in [2.75, 3.05) is 0 Å². The van der Waals surface area contributed by atoms with Crippen LogP contribution in [-0.2, 0) is 6.42 Å².